The summed E-state index contributed by atoms with van der Waals surface area (Å²) in [5.74, 6) is 0.720. The van der Waals surface area contributed by atoms with Crippen molar-refractivity contribution in [2.45, 2.75) is 51.6 Å². The molecule has 1 unspecified atom stereocenters. The lowest BCUT2D eigenvalue weighted by atomic mass is 9.89. The maximum Gasteiger partial charge on any atom is 0.216 e. The molecule has 0 aliphatic heterocycles. The first-order valence-corrected chi connectivity index (χ1v) is 8.41. The summed E-state index contributed by atoms with van der Waals surface area (Å²) in [6, 6.07) is 7.97. The number of carbonyl (C=O) groups excluding carboxylic acids is 1. The Labute approximate surface area is 133 Å². The highest BCUT2D eigenvalue weighted by Crippen LogP contribution is 2.25. The third kappa shape index (κ3) is 5.68. The molecule has 1 fully saturated rings. The summed E-state index contributed by atoms with van der Waals surface area (Å²) in [5.41, 5.74) is 1.97. The van der Waals surface area contributed by atoms with E-state index in [0.29, 0.717) is 13.0 Å². The first-order valence-electron chi connectivity index (χ1n) is 8.41. The van der Waals surface area contributed by atoms with E-state index in [1.807, 2.05) is 24.3 Å². The van der Waals surface area contributed by atoms with E-state index in [9.17, 15) is 9.90 Å². The molecule has 4 nitrogen and oxygen atoms in total. The molecule has 1 aliphatic rings. The lowest BCUT2D eigenvalue weighted by Crippen LogP contribution is -2.22. The average Bonchev–Trinajstić information content (AvgIpc) is 2.54. The molecule has 4 heteroatoms. The van der Waals surface area contributed by atoms with Gasteiger partial charge in [0, 0.05) is 25.7 Å². The summed E-state index contributed by atoms with van der Waals surface area (Å²) >= 11 is 0. The molecule has 0 heterocycles. The number of amides is 1. The Hall–Kier alpha value is -1.55. The Morgan fingerprint density at radius 3 is 2.82 bits per heavy atom. The minimum absolute atomic E-state index is 0.0601. The molecule has 1 aliphatic carbocycles. The zero-order valence-corrected chi connectivity index (χ0v) is 13.5. The summed E-state index contributed by atoms with van der Waals surface area (Å²) in [7, 11) is 0. The van der Waals surface area contributed by atoms with Gasteiger partial charge in [0.15, 0.2) is 0 Å². The van der Waals surface area contributed by atoms with E-state index >= 15 is 0 Å². The molecule has 0 saturated heterocycles. The maximum atomic E-state index is 10.8. The molecule has 0 radical (unpaired) electrons. The lowest BCUT2D eigenvalue weighted by Gasteiger charge is -2.22. The van der Waals surface area contributed by atoms with Gasteiger partial charge in [-0.2, -0.15) is 0 Å². The van der Waals surface area contributed by atoms with E-state index in [2.05, 4.69) is 10.6 Å². The van der Waals surface area contributed by atoms with Gasteiger partial charge in [0.05, 0.1) is 6.10 Å². The monoisotopic (exact) mass is 304 g/mol. The molecule has 1 aromatic carbocycles. The third-order valence-corrected chi connectivity index (χ3v) is 4.38. The van der Waals surface area contributed by atoms with Crippen molar-refractivity contribution >= 4 is 11.6 Å². The Bertz CT molecular complexity index is 470. The van der Waals surface area contributed by atoms with Crippen LogP contribution in [0.4, 0.5) is 5.69 Å². The van der Waals surface area contributed by atoms with Crippen LogP contribution >= 0.6 is 0 Å². The van der Waals surface area contributed by atoms with Crippen molar-refractivity contribution in [1.82, 2.24) is 5.32 Å². The van der Waals surface area contributed by atoms with Gasteiger partial charge in [0.2, 0.25) is 5.91 Å². The van der Waals surface area contributed by atoms with Crippen LogP contribution in [-0.4, -0.2) is 24.1 Å². The van der Waals surface area contributed by atoms with Crippen LogP contribution in [0, 0.1) is 5.92 Å². The number of hydrogen-bond donors (Lipinski definition) is 3. The Morgan fingerprint density at radius 2 is 2.09 bits per heavy atom. The van der Waals surface area contributed by atoms with Crippen molar-refractivity contribution < 1.29 is 9.90 Å². The summed E-state index contributed by atoms with van der Waals surface area (Å²) in [6.07, 6.45) is 6.74. The van der Waals surface area contributed by atoms with Gasteiger partial charge in [-0.1, -0.05) is 31.4 Å². The molecule has 1 aromatic rings. The van der Waals surface area contributed by atoms with Gasteiger partial charge in [-0.15, -0.1) is 0 Å². The highest BCUT2D eigenvalue weighted by atomic mass is 16.3. The molecule has 1 amide bonds. The standard InChI is InChI=1S/C18H28N2O2/c1-14(21)19-11-10-18(22)16-8-5-9-17(12-16)20-13-15-6-3-2-4-7-15/h5,8-9,12,15,18,20,22H,2-4,6-7,10-11,13H2,1H3,(H,19,21). The van der Waals surface area contributed by atoms with Crippen LogP contribution in [0.5, 0.6) is 0 Å². The van der Waals surface area contributed by atoms with Crippen LogP contribution in [-0.2, 0) is 4.79 Å². The minimum Gasteiger partial charge on any atom is -0.388 e. The number of benzene rings is 1. The van der Waals surface area contributed by atoms with Crippen LogP contribution < -0.4 is 10.6 Å². The molecule has 3 N–H and O–H groups in total. The van der Waals surface area contributed by atoms with Crippen molar-refractivity contribution in [2.75, 3.05) is 18.4 Å². The molecular formula is C18H28N2O2. The normalized spacial score (nSPS) is 17.0. The van der Waals surface area contributed by atoms with Crippen LogP contribution in [0.2, 0.25) is 0 Å². The van der Waals surface area contributed by atoms with E-state index in [4.69, 9.17) is 0 Å². The van der Waals surface area contributed by atoms with Crippen molar-refractivity contribution in [3.63, 3.8) is 0 Å². The predicted octanol–water partition coefficient (Wildman–Crippen LogP) is 3.24. The molecule has 1 saturated carbocycles. The molecule has 0 spiro atoms. The van der Waals surface area contributed by atoms with E-state index in [0.717, 1.165) is 23.7 Å². The average molecular weight is 304 g/mol. The summed E-state index contributed by atoms with van der Waals surface area (Å²) in [5, 5.41) is 16.4. The molecule has 0 bridgehead atoms. The Kier molecular flexibility index (Phi) is 6.72. The third-order valence-electron chi connectivity index (χ3n) is 4.38. The second kappa shape index (κ2) is 8.79. The second-order valence-electron chi connectivity index (χ2n) is 6.30. The highest BCUT2D eigenvalue weighted by Gasteiger charge is 2.13. The van der Waals surface area contributed by atoms with Gasteiger partial charge >= 0.3 is 0 Å². The number of aliphatic hydroxyl groups is 1. The van der Waals surface area contributed by atoms with Crippen LogP contribution in [0.25, 0.3) is 0 Å². The minimum atomic E-state index is -0.539. The molecular weight excluding hydrogens is 276 g/mol. The zero-order chi connectivity index (χ0) is 15.8. The quantitative estimate of drug-likeness (QED) is 0.724. The second-order valence-corrected chi connectivity index (χ2v) is 6.30. The fourth-order valence-corrected chi connectivity index (χ4v) is 3.06. The van der Waals surface area contributed by atoms with Gasteiger partial charge in [0.25, 0.3) is 0 Å². The number of anilines is 1. The van der Waals surface area contributed by atoms with Crippen molar-refractivity contribution in [2.24, 2.45) is 5.92 Å². The van der Waals surface area contributed by atoms with Crippen molar-refractivity contribution in [3.05, 3.63) is 29.8 Å². The number of aliphatic hydroxyl groups excluding tert-OH is 1. The van der Waals surface area contributed by atoms with E-state index in [-0.39, 0.29) is 5.91 Å². The van der Waals surface area contributed by atoms with E-state index in [1.165, 1.54) is 39.0 Å². The van der Waals surface area contributed by atoms with Crippen LogP contribution in [0.15, 0.2) is 24.3 Å². The largest absolute Gasteiger partial charge is 0.388 e. The van der Waals surface area contributed by atoms with Gasteiger partial charge in [0.1, 0.15) is 0 Å². The predicted molar refractivity (Wildman–Crippen MR) is 89.8 cm³/mol. The van der Waals surface area contributed by atoms with E-state index < -0.39 is 6.10 Å². The topological polar surface area (TPSA) is 61.4 Å². The summed E-state index contributed by atoms with van der Waals surface area (Å²) < 4.78 is 0. The fraction of sp³-hybridized carbons (Fsp3) is 0.611. The van der Waals surface area contributed by atoms with Gasteiger partial charge < -0.3 is 15.7 Å². The maximum absolute atomic E-state index is 10.8. The van der Waals surface area contributed by atoms with Gasteiger partial charge in [-0.25, -0.2) is 0 Å². The fourth-order valence-electron chi connectivity index (χ4n) is 3.06. The summed E-state index contributed by atoms with van der Waals surface area (Å²) in [6.45, 7) is 3.00. The van der Waals surface area contributed by atoms with Crippen molar-refractivity contribution in [1.29, 1.82) is 0 Å². The molecule has 122 valence electrons. The van der Waals surface area contributed by atoms with E-state index in [1.54, 1.807) is 0 Å². The zero-order valence-electron chi connectivity index (χ0n) is 13.5. The molecule has 1 atom stereocenters. The highest BCUT2D eigenvalue weighted by molar-refractivity contribution is 5.72. The van der Waals surface area contributed by atoms with Crippen LogP contribution in [0.1, 0.15) is 57.1 Å². The smallest absolute Gasteiger partial charge is 0.216 e. The van der Waals surface area contributed by atoms with Gasteiger partial charge in [-0.05, 0) is 42.9 Å². The van der Waals surface area contributed by atoms with Crippen LogP contribution in [0.3, 0.4) is 0 Å². The molecule has 22 heavy (non-hydrogen) atoms. The summed E-state index contributed by atoms with van der Waals surface area (Å²) in [4.78, 5) is 10.8. The van der Waals surface area contributed by atoms with Crippen molar-refractivity contribution in [3.8, 4) is 0 Å². The number of rotatable bonds is 7. The Balaban J connectivity index is 1.81. The number of hydrogen-bond acceptors (Lipinski definition) is 3. The first-order chi connectivity index (χ1) is 10.6. The lowest BCUT2D eigenvalue weighted by molar-refractivity contribution is -0.119. The molecule has 2 rings (SSSR count). The molecule has 0 aromatic heterocycles. The number of carbonyl (C=O) groups is 1. The SMILES string of the molecule is CC(=O)NCCC(O)c1cccc(NCC2CCCCC2)c1. The number of nitrogens with one attached hydrogen (secondary N) is 2. The Morgan fingerprint density at radius 1 is 1.32 bits per heavy atom. The first kappa shape index (κ1) is 16.8. The van der Waals surface area contributed by atoms with Gasteiger partial charge in [-0.3, -0.25) is 4.79 Å².